The fourth-order valence-corrected chi connectivity index (χ4v) is 2.83. The molecule has 5 nitrogen and oxygen atoms in total. The van der Waals surface area contributed by atoms with E-state index in [1.165, 1.54) is 6.26 Å². The van der Waals surface area contributed by atoms with Crippen LogP contribution < -0.4 is 5.32 Å². The molecule has 1 saturated heterocycles. The maximum atomic E-state index is 12.2. The Morgan fingerprint density at radius 3 is 2.48 bits per heavy atom. The average molecular weight is 312 g/mol. The fraction of sp³-hybridized carbons (Fsp3) is 0.333. The van der Waals surface area contributed by atoms with Gasteiger partial charge in [0.15, 0.2) is 5.76 Å². The Kier molecular flexibility index (Phi) is 4.76. The molecule has 0 unspecified atom stereocenters. The van der Waals surface area contributed by atoms with E-state index in [0.717, 1.165) is 5.56 Å². The Morgan fingerprint density at radius 2 is 1.83 bits per heavy atom. The summed E-state index contributed by atoms with van der Waals surface area (Å²) in [7, 11) is 0. The number of rotatable bonds is 4. The molecule has 1 aromatic heterocycles. The number of piperidine rings is 1. The molecule has 0 bridgehead atoms. The van der Waals surface area contributed by atoms with Gasteiger partial charge in [-0.3, -0.25) is 9.59 Å². The topological polar surface area (TPSA) is 62.6 Å². The van der Waals surface area contributed by atoms with Crippen LogP contribution in [0.4, 0.5) is 0 Å². The Balaban J connectivity index is 1.47. The van der Waals surface area contributed by atoms with E-state index in [2.05, 4.69) is 5.32 Å². The van der Waals surface area contributed by atoms with Crippen LogP contribution in [0.5, 0.6) is 0 Å². The molecule has 3 rings (SSSR count). The highest BCUT2D eigenvalue weighted by molar-refractivity contribution is 5.91. The molecule has 1 aliphatic rings. The summed E-state index contributed by atoms with van der Waals surface area (Å²) in [6.45, 7) is 1.72. The summed E-state index contributed by atoms with van der Waals surface area (Å²) >= 11 is 0. The molecule has 0 aliphatic carbocycles. The molecule has 1 aromatic carbocycles. The van der Waals surface area contributed by atoms with E-state index in [1.807, 2.05) is 30.3 Å². The van der Waals surface area contributed by atoms with Gasteiger partial charge >= 0.3 is 0 Å². The molecule has 2 heterocycles. The van der Waals surface area contributed by atoms with Crippen LogP contribution in [0.1, 0.15) is 29.0 Å². The second-order valence-electron chi connectivity index (χ2n) is 5.75. The van der Waals surface area contributed by atoms with Crippen molar-refractivity contribution in [1.82, 2.24) is 10.2 Å². The van der Waals surface area contributed by atoms with E-state index in [1.54, 1.807) is 17.0 Å². The van der Waals surface area contributed by atoms with Crippen molar-refractivity contribution in [2.75, 3.05) is 13.1 Å². The first-order chi connectivity index (χ1) is 11.2. The lowest BCUT2D eigenvalue weighted by Crippen LogP contribution is -2.42. The highest BCUT2D eigenvalue weighted by Crippen LogP contribution is 2.19. The Morgan fingerprint density at radius 1 is 1.09 bits per heavy atom. The van der Waals surface area contributed by atoms with Crippen LogP contribution >= 0.6 is 0 Å². The lowest BCUT2D eigenvalue weighted by molar-refractivity contribution is -0.126. The quantitative estimate of drug-likeness (QED) is 0.943. The number of carbonyl (C=O) groups excluding carboxylic acids is 2. The van der Waals surface area contributed by atoms with E-state index in [-0.39, 0.29) is 17.7 Å². The number of benzene rings is 1. The first-order valence-electron chi connectivity index (χ1n) is 7.88. The minimum absolute atomic E-state index is 0.0284. The summed E-state index contributed by atoms with van der Waals surface area (Å²) in [5.74, 6) is 0.299. The van der Waals surface area contributed by atoms with Crippen LogP contribution in [-0.2, 0) is 11.3 Å². The third kappa shape index (κ3) is 3.80. The summed E-state index contributed by atoms with van der Waals surface area (Å²) in [6.07, 6.45) is 2.87. The number of furan rings is 1. The summed E-state index contributed by atoms with van der Waals surface area (Å²) in [5.41, 5.74) is 1.09. The van der Waals surface area contributed by atoms with E-state index in [9.17, 15) is 9.59 Å². The standard InChI is InChI=1S/C18H20N2O3/c21-17(19-13-14-5-2-1-3-6-14)15-8-10-20(11-9-15)18(22)16-7-4-12-23-16/h1-7,12,15H,8-11,13H2,(H,19,21). The molecule has 2 aromatic rings. The molecular weight excluding hydrogens is 292 g/mol. The minimum atomic E-state index is -0.0989. The zero-order valence-corrected chi connectivity index (χ0v) is 12.9. The van der Waals surface area contributed by atoms with Crippen LogP contribution in [0.25, 0.3) is 0 Å². The third-order valence-corrected chi connectivity index (χ3v) is 4.19. The fourth-order valence-electron chi connectivity index (χ4n) is 2.83. The predicted octanol–water partition coefficient (Wildman–Crippen LogP) is 2.45. The van der Waals surface area contributed by atoms with Crippen molar-refractivity contribution < 1.29 is 14.0 Å². The number of carbonyl (C=O) groups is 2. The van der Waals surface area contributed by atoms with Crippen LogP contribution in [0.2, 0.25) is 0 Å². The molecule has 0 spiro atoms. The number of nitrogens with zero attached hydrogens (tertiary/aromatic N) is 1. The Hall–Kier alpha value is -2.56. The number of nitrogens with one attached hydrogen (secondary N) is 1. The zero-order valence-electron chi connectivity index (χ0n) is 12.9. The molecule has 0 radical (unpaired) electrons. The van der Waals surface area contributed by atoms with Crippen molar-refractivity contribution in [2.45, 2.75) is 19.4 Å². The maximum Gasteiger partial charge on any atom is 0.289 e. The van der Waals surface area contributed by atoms with Crippen molar-refractivity contribution in [2.24, 2.45) is 5.92 Å². The summed E-state index contributed by atoms with van der Waals surface area (Å²) in [5, 5.41) is 2.98. The van der Waals surface area contributed by atoms with E-state index >= 15 is 0 Å². The second kappa shape index (κ2) is 7.13. The van der Waals surface area contributed by atoms with E-state index in [4.69, 9.17) is 4.42 Å². The van der Waals surface area contributed by atoms with Gasteiger partial charge in [0.2, 0.25) is 5.91 Å². The van der Waals surface area contributed by atoms with Gasteiger partial charge in [-0.05, 0) is 30.5 Å². The number of hydrogen-bond donors (Lipinski definition) is 1. The monoisotopic (exact) mass is 312 g/mol. The molecule has 0 saturated carbocycles. The van der Waals surface area contributed by atoms with Gasteiger partial charge in [0, 0.05) is 25.6 Å². The van der Waals surface area contributed by atoms with E-state index < -0.39 is 0 Å². The normalized spacial score (nSPS) is 15.4. The summed E-state index contributed by atoms with van der Waals surface area (Å²) < 4.78 is 5.14. The zero-order chi connectivity index (χ0) is 16.1. The molecule has 1 N–H and O–H groups in total. The Labute approximate surface area is 135 Å². The van der Waals surface area contributed by atoms with Gasteiger partial charge in [0.1, 0.15) is 0 Å². The van der Waals surface area contributed by atoms with E-state index in [0.29, 0.717) is 38.2 Å². The summed E-state index contributed by atoms with van der Waals surface area (Å²) in [6, 6.07) is 13.2. The number of likely N-dealkylation sites (tertiary alicyclic amines) is 1. The minimum Gasteiger partial charge on any atom is -0.459 e. The van der Waals surface area contributed by atoms with Gasteiger partial charge in [0.25, 0.3) is 5.91 Å². The van der Waals surface area contributed by atoms with Crippen LogP contribution in [0, 0.1) is 5.92 Å². The SMILES string of the molecule is O=C(NCc1ccccc1)C1CCN(C(=O)c2ccco2)CC1. The van der Waals surface area contributed by atoms with Gasteiger partial charge in [-0.2, -0.15) is 0 Å². The molecule has 120 valence electrons. The van der Waals surface area contributed by atoms with Gasteiger partial charge in [-0.1, -0.05) is 30.3 Å². The molecule has 23 heavy (non-hydrogen) atoms. The molecule has 2 amide bonds. The maximum absolute atomic E-state index is 12.2. The molecule has 0 atom stereocenters. The number of amides is 2. The van der Waals surface area contributed by atoms with Crippen molar-refractivity contribution in [3.05, 3.63) is 60.1 Å². The van der Waals surface area contributed by atoms with Gasteiger partial charge in [0.05, 0.1) is 6.26 Å². The largest absolute Gasteiger partial charge is 0.459 e. The second-order valence-corrected chi connectivity index (χ2v) is 5.75. The van der Waals surface area contributed by atoms with Crippen molar-refractivity contribution in [3.8, 4) is 0 Å². The van der Waals surface area contributed by atoms with Gasteiger partial charge < -0.3 is 14.6 Å². The lowest BCUT2D eigenvalue weighted by Gasteiger charge is -2.30. The predicted molar refractivity (Wildman–Crippen MR) is 85.6 cm³/mol. The molecule has 5 heteroatoms. The first kappa shape index (κ1) is 15.3. The molecule has 1 fully saturated rings. The van der Waals surface area contributed by atoms with Crippen LogP contribution in [0.3, 0.4) is 0 Å². The van der Waals surface area contributed by atoms with Crippen molar-refractivity contribution in [1.29, 1.82) is 0 Å². The third-order valence-electron chi connectivity index (χ3n) is 4.19. The molecule has 1 aliphatic heterocycles. The van der Waals surface area contributed by atoms with Crippen LogP contribution in [-0.4, -0.2) is 29.8 Å². The van der Waals surface area contributed by atoms with Crippen LogP contribution in [0.15, 0.2) is 53.1 Å². The van der Waals surface area contributed by atoms with Crippen molar-refractivity contribution >= 4 is 11.8 Å². The smallest absolute Gasteiger partial charge is 0.289 e. The van der Waals surface area contributed by atoms with Crippen molar-refractivity contribution in [3.63, 3.8) is 0 Å². The highest BCUT2D eigenvalue weighted by atomic mass is 16.3. The lowest BCUT2D eigenvalue weighted by atomic mass is 9.95. The number of hydrogen-bond acceptors (Lipinski definition) is 3. The highest BCUT2D eigenvalue weighted by Gasteiger charge is 2.28. The first-order valence-corrected chi connectivity index (χ1v) is 7.88. The molecular formula is C18H20N2O3. The van der Waals surface area contributed by atoms with Gasteiger partial charge in [-0.25, -0.2) is 0 Å². The average Bonchev–Trinajstić information content (AvgIpc) is 3.15. The summed E-state index contributed by atoms with van der Waals surface area (Å²) in [4.78, 5) is 26.2. The Bertz CT molecular complexity index is 644. The van der Waals surface area contributed by atoms with Gasteiger partial charge in [-0.15, -0.1) is 0 Å².